The van der Waals surface area contributed by atoms with Crippen molar-refractivity contribution in [3.63, 3.8) is 0 Å². The first-order chi connectivity index (χ1) is 9.54. The van der Waals surface area contributed by atoms with Crippen LogP contribution in [-0.4, -0.2) is 19.2 Å². The van der Waals surface area contributed by atoms with Gasteiger partial charge in [0.05, 0.1) is 13.2 Å². The molecule has 0 fully saturated rings. The van der Waals surface area contributed by atoms with E-state index in [0.29, 0.717) is 37.7 Å². The summed E-state index contributed by atoms with van der Waals surface area (Å²) >= 11 is 0. The lowest BCUT2D eigenvalue weighted by Crippen LogP contribution is -2.13. The first-order valence-corrected chi connectivity index (χ1v) is 7.04. The average molecular weight is 276 g/mol. The number of benzene rings is 1. The Morgan fingerprint density at radius 1 is 1.25 bits per heavy atom. The molecule has 1 aromatic carbocycles. The number of hydrogen-bond donors (Lipinski definition) is 0. The highest BCUT2D eigenvalue weighted by Gasteiger charge is 2.12. The van der Waals surface area contributed by atoms with Crippen molar-refractivity contribution in [1.29, 1.82) is 0 Å². The lowest BCUT2D eigenvalue weighted by atomic mass is 10.0. The molecule has 20 heavy (non-hydrogen) atoms. The van der Waals surface area contributed by atoms with E-state index in [1.807, 2.05) is 45.0 Å². The van der Waals surface area contributed by atoms with Crippen molar-refractivity contribution in [2.24, 2.45) is 5.92 Å². The Morgan fingerprint density at radius 2 is 1.90 bits per heavy atom. The molecule has 0 aliphatic heterocycles. The number of hydrogen-bond acceptors (Lipinski definition) is 3. The molecule has 0 aliphatic rings. The van der Waals surface area contributed by atoms with Crippen LogP contribution in [-0.2, 0) is 27.3 Å². The van der Waals surface area contributed by atoms with Crippen LogP contribution in [0.2, 0.25) is 0 Å². The van der Waals surface area contributed by atoms with Gasteiger partial charge in [0.1, 0.15) is 0 Å². The molecule has 0 aliphatic carbocycles. The summed E-state index contributed by atoms with van der Waals surface area (Å²) in [5, 5.41) is 0. The maximum absolute atomic E-state index is 11.8. The van der Waals surface area contributed by atoms with Crippen LogP contribution in [0.5, 0.6) is 0 Å². The van der Waals surface area contributed by atoms with E-state index in [-0.39, 0.29) is 5.97 Å². The van der Waals surface area contributed by atoms with Gasteiger partial charge in [0.25, 0.3) is 0 Å². The van der Waals surface area contributed by atoms with Gasteiger partial charge in [-0.2, -0.15) is 0 Å². The second kappa shape index (κ2) is 8.54. The summed E-state index contributed by atoms with van der Waals surface area (Å²) in [6.45, 7) is 11.5. The average Bonchev–Trinajstić information content (AvgIpc) is 2.43. The number of ether oxygens (including phenoxy) is 2. The normalized spacial score (nSPS) is 10.6. The van der Waals surface area contributed by atoms with E-state index in [1.165, 1.54) is 0 Å². The van der Waals surface area contributed by atoms with E-state index in [1.54, 1.807) is 0 Å². The van der Waals surface area contributed by atoms with Crippen LogP contribution in [0.4, 0.5) is 0 Å². The van der Waals surface area contributed by atoms with Gasteiger partial charge in [-0.05, 0) is 24.0 Å². The monoisotopic (exact) mass is 276 g/mol. The molecule has 0 aromatic heterocycles. The molecule has 0 unspecified atom stereocenters. The zero-order valence-corrected chi connectivity index (χ0v) is 12.6. The Kier molecular flexibility index (Phi) is 7.02. The highest BCUT2D eigenvalue weighted by Crippen LogP contribution is 2.15. The molecule has 110 valence electrons. The van der Waals surface area contributed by atoms with E-state index in [0.717, 1.165) is 11.1 Å². The van der Waals surface area contributed by atoms with Crippen molar-refractivity contribution < 1.29 is 14.3 Å². The van der Waals surface area contributed by atoms with E-state index in [4.69, 9.17) is 9.47 Å². The van der Waals surface area contributed by atoms with Gasteiger partial charge in [-0.15, -0.1) is 0 Å². The van der Waals surface area contributed by atoms with Crippen molar-refractivity contribution in [1.82, 2.24) is 0 Å². The second-order valence-corrected chi connectivity index (χ2v) is 5.18. The third-order valence-electron chi connectivity index (χ3n) is 2.82. The molecular weight excluding hydrogens is 252 g/mol. The topological polar surface area (TPSA) is 35.5 Å². The first-order valence-electron chi connectivity index (χ1n) is 7.04. The van der Waals surface area contributed by atoms with E-state index in [9.17, 15) is 4.79 Å². The molecule has 0 N–H and O–H groups in total. The minimum atomic E-state index is -0.315. The Bertz CT molecular complexity index is 449. The van der Waals surface area contributed by atoms with Gasteiger partial charge in [-0.25, -0.2) is 4.79 Å². The molecule has 1 aromatic rings. The van der Waals surface area contributed by atoms with Gasteiger partial charge >= 0.3 is 5.97 Å². The van der Waals surface area contributed by atoms with E-state index in [2.05, 4.69) is 6.58 Å². The van der Waals surface area contributed by atoms with Gasteiger partial charge in [0.2, 0.25) is 0 Å². The molecule has 0 bridgehead atoms. The second-order valence-electron chi connectivity index (χ2n) is 5.18. The van der Waals surface area contributed by atoms with Crippen LogP contribution in [0, 0.1) is 5.92 Å². The molecule has 3 heteroatoms. The van der Waals surface area contributed by atoms with Gasteiger partial charge in [0, 0.05) is 18.6 Å². The van der Waals surface area contributed by atoms with Crippen LogP contribution >= 0.6 is 0 Å². The molecule has 1 rings (SSSR count). The predicted molar refractivity (Wildman–Crippen MR) is 80.4 cm³/mol. The molecule has 0 heterocycles. The zero-order chi connectivity index (χ0) is 15.0. The summed E-state index contributed by atoms with van der Waals surface area (Å²) in [7, 11) is 0. The highest BCUT2D eigenvalue weighted by molar-refractivity contribution is 5.88. The number of esters is 1. The summed E-state index contributed by atoms with van der Waals surface area (Å²) in [6, 6.07) is 7.93. The van der Waals surface area contributed by atoms with Gasteiger partial charge < -0.3 is 9.47 Å². The van der Waals surface area contributed by atoms with E-state index >= 15 is 0 Å². The minimum absolute atomic E-state index is 0.315. The summed E-state index contributed by atoms with van der Waals surface area (Å²) in [5.41, 5.74) is 2.63. The highest BCUT2D eigenvalue weighted by atomic mass is 16.5. The molecule has 0 spiro atoms. The number of rotatable bonds is 8. The molecule has 0 saturated heterocycles. The minimum Gasteiger partial charge on any atom is -0.462 e. The van der Waals surface area contributed by atoms with Crippen LogP contribution < -0.4 is 0 Å². The molecule has 0 saturated carbocycles. The summed E-state index contributed by atoms with van der Waals surface area (Å²) in [6.07, 6.45) is 0.500. The molecule has 0 amide bonds. The lowest BCUT2D eigenvalue weighted by molar-refractivity contribution is -0.140. The van der Waals surface area contributed by atoms with Gasteiger partial charge in [-0.3, -0.25) is 0 Å². The van der Waals surface area contributed by atoms with Crippen molar-refractivity contribution in [2.45, 2.75) is 33.8 Å². The van der Waals surface area contributed by atoms with Crippen molar-refractivity contribution in [3.8, 4) is 0 Å². The maximum atomic E-state index is 11.8. The largest absolute Gasteiger partial charge is 0.462 e. The van der Waals surface area contributed by atoms with Crippen molar-refractivity contribution in [3.05, 3.63) is 47.5 Å². The van der Waals surface area contributed by atoms with Crippen LogP contribution in [0.1, 0.15) is 31.9 Å². The number of carbonyl (C=O) groups excluding carboxylic acids is 1. The molecule has 0 atom stereocenters. The fraction of sp³-hybridized carbons (Fsp3) is 0.471. The third kappa shape index (κ3) is 5.57. The third-order valence-corrected chi connectivity index (χ3v) is 2.82. The smallest absolute Gasteiger partial charge is 0.333 e. The summed E-state index contributed by atoms with van der Waals surface area (Å²) in [5.74, 6) is 0.0157. The Morgan fingerprint density at radius 3 is 2.50 bits per heavy atom. The zero-order valence-electron chi connectivity index (χ0n) is 12.6. The number of carbonyl (C=O) groups is 1. The first kappa shape index (κ1) is 16.4. The maximum Gasteiger partial charge on any atom is 0.333 e. The fourth-order valence-electron chi connectivity index (χ4n) is 1.73. The van der Waals surface area contributed by atoms with Crippen molar-refractivity contribution >= 4 is 5.97 Å². The summed E-state index contributed by atoms with van der Waals surface area (Å²) < 4.78 is 10.6. The predicted octanol–water partition coefficient (Wildman–Crippen LogP) is 3.52. The van der Waals surface area contributed by atoms with Crippen LogP contribution in [0.3, 0.4) is 0 Å². The SMILES string of the molecule is C=C(Cc1ccccc1COCC)C(=O)OCC(C)C. The van der Waals surface area contributed by atoms with Crippen LogP contribution in [0.25, 0.3) is 0 Å². The van der Waals surface area contributed by atoms with E-state index < -0.39 is 0 Å². The Balaban J connectivity index is 2.63. The van der Waals surface area contributed by atoms with Crippen molar-refractivity contribution in [2.75, 3.05) is 13.2 Å². The fourth-order valence-corrected chi connectivity index (χ4v) is 1.73. The van der Waals surface area contributed by atoms with Crippen LogP contribution in [0.15, 0.2) is 36.4 Å². The molecular formula is C17H24O3. The summed E-state index contributed by atoms with van der Waals surface area (Å²) in [4.78, 5) is 11.8. The lowest BCUT2D eigenvalue weighted by Gasteiger charge is -2.12. The Labute approximate surface area is 121 Å². The standard InChI is InChI=1S/C17H24O3/c1-5-19-12-16-9-7-6-8-15(16)10-14(4)17(18)20-11-13(2)3/h6-9,13H,4-5,10-12H2,1-3H3. The molecule has 3 nitrogen and oxygen atoms in total. The quantitative estimate of drug-likeness (QED) is 0.538. The molecule has 0 radical (unpaired) electrons. The van der Waals surface area contributed by atoms with Gasteiger partial charge in [-0.1, -0.05) is 44.7 Å². The van der Waals surface area contributed by atoms with Gasteiger partial charge in [0.15, 0.2) is 0 Å². The Hall–Kier alpha value is -1.61.